The molecule has 2 rings (SSSR count). The Bertz CT molecular complexity index is 766. The van der Waals surface area contributed by atoms with Crippen LogP contribution >= 0.6 is 0 Å². The van der Waals surface area contributed by atoms with Crippen LogP contribution in [0.5, 0.6) is 11.5 Å². The first-order valence-corrected chi connectivity index (χ1v) is 7.34. The molecule has 2 radical (unpaired) electrons. The molecule has 0 saturated carbocycles. The molecule has 128 valence electrons. The van der Waals surface area contributed by atoms with Gasteiger partial charge in [0.15, 0.2) is 17.1 Å². The van der Waals surface area contributed by atoms with E-state index in [4.69, 9.17) is 17.3 Å². The van der Waals surface area contributed by atoms with E-state index in [1.54, 1.807) is 20.8 Å². The van der Waals surface area contributed by atoms with E-state index in [2.05, 4.69) is 4.98 Å². The van der Waals surface area contributed by atoms with Gasteiger partial charge in [-0.3, -0.25) is 4.40 Å². The summed E-state index contributed by atoms with van der Waals surface area (Å²) in [5.74, 6) is -1.48. The monoisotopic (exact) mass is 334 g/mol. The molecule has 24 heavy (non-hydrogen) atoms. The van der Waals surface area contributed by atoms with Crippen molar-refractivity contribution in [3.63, 3.8) is 0 Å². The van der Waals surface area contributed by atoms with Gasteiger partial charge < -0.3 is 24.8 Å². The highest BCUT2D eigenvalue weighted by molar-refractivity contribution is 6.33. The second-order valence-corrected chi connectivity index (χ2v) is 5.89. The summed E-state index contributed by atoms with van der Waals surface area (Å²) in [6, 6.07) is 0. The van der Waals surface area contributed by atoms with Crippen molar-refractivity contribution in [2.24, 2.45) is 0 Å². The number of aromatic nitrogens is 2. The number of fused-ring (bicyclic) bond motifs is 1. The molecule has 0 aliphatic rings. The highest BCUT2D eigenvalue weighted by atomic mass is 16.5. The van der Waals surface area contributed by atoms with Crippen molar-refractivity contribution in [1.29, 1.82) is 0 Å². The number of rotatable bonds is 6. The summed E-state index contributed by atoms with van der Waals surface area (Å²) < 4.78 is 11.3. The molecule has 9 heteroatoms. The summed E-state index contributed by atoms with van der Waals surface area (Å²) in [4.78, 5) is 15.9. The summed E-state index contributed by atoms with van der Waals surface area (Å²) in [7, 11) is 5.87. The summed E-state index contributed by atoms with van der Waals surface area (Å²) >= 11 is 0. The fraction of sp³-hybridized carbons (Fsp3) is 0.467. The molecular weight excluding hydrogens is 315 g/mol. The Labute approximate surface area is 140 Å². The molecule has 0 unspecified atom stereocenters. The number of aliphatic hydroxyl groups is 1. The van der Waals surface area contributed by atoms with Gasteiger partial charge in [-0.1, -0.05) is 0 Å². The number of ether oxygens (including phenoxy) is 2. The minimum atomic E-state index is -1.06. The number of pyridine rings is 1. The molecular formula is C15H19BN2O6. The molecule has 0 aliphatic carbocycles. The molecule has 0 spiro atoms. The SMILES string of the molecule is [B]c1c(O)c(COCC(C)(C)O)c(O)c2ncc(C(=O)OCC)n12. The minimum absolute atomic E-state index is 0.00443. The van der Waals surface area contributed by atoms with Crippen LogP contribution in [0.2, 0.25) is 0 Å². The maximum absolute atomic E-state index is 11.9. The highest BCUT2D eigenvalue weighted by Gasteiger charge is 2.23. The van der Waals surface area contributed by atoms with Crippen LogP contribution in [-0.4, -0.2) is 57.3 Å². The lowest BCUT2D eigenvalue weighted by molar-refractivity contribution is -0.0276. The van der Waals surface area contributed by atoms with Crippen LogP contribution in [0.4, 0.5) is 0 Å². The van der Waals surface area contributed by atoms with E-state index >= 15 is 0 Å². The van der Waals surface area contributed by atoms with Crippen molar-refractivity contribution in [2.45, 2.75) is 33.0 Å². The third-order valence-corrected chi connectivity index (χ3v) is 3.22. The van der Waals surface area contributed by atoms with Crippen molar-refractivity contribution in [2.75, 3.05) is 13.2 Å². The van der Waals surface area contributed by atoms with Gasteiger partial charge in [0, 0.05) is 5.59 Å². The number of carbonyl (C=O) groups is 1. The Kier molecular flexibility index (Phi) is 5.05. The molecule has 0 atom stereocenters. The van der Waals surface area contributed by atoms with Crippen LogP contribution < -0.4 is 5.59 Å². The molecule has 8 nitrogen and oxygen atoms in total. The number of nitrogens with zero attached hydrogens (tertiary/aromatic N) is 2. The Morgan fingerprint density at radius 2 is 2.04 bits per heavy atom. The van der Waals surface area contributed by atoms with E-state index in [-0.39, 0.29) is 48.1 Å². The number of imidazole rings is 1. The molecule has 0 amide bonds. The van der Waals surface area contributed by atoms with E-state index in [0.717, 1.165) is 4.40 Å². The number of hydrogen-bond donors (Lipinski definition) is 3. The number of hydrogen-bond acceptors (Lipinski definition) is 7. The summed E-state index contributed by atoms with van der Waals surface area (Å²) in [6.45, 7) is 4.72. The zero-order chi connectivity index (χ0) is 18.1. The summed E-state index contributed by atoms with van der Waals surface area (Å²) in [5, 5.41) is 30.2. The number of aromatic hydroxyl groups is 2. The first-order valence-electron chi connectivity index (χ1n) is 7.34. The fourth-order valence-electron chi connectivity index (χ4n) is 2.16. The van der Waals surface area contributed by atoms with Crippen molar-refractivity contribution in [3.8, 4) is 11.5 Å². The van der Waals surface area contributed by atoms with E-state index < -0.39 is 17.3 Å². The Morgan fingerprint density at radius 1 is 1.38 bits per heavy atom. The average Bonchev–Trinajstić information content (AvgIpc) is 2.93. The van der Waals surface area contributed by atoms with Gasteiger partial charge in [-0.2, -0.15) is 0 Å². The van der Waals surface area contributed by atoms with Gasteiger partial charge in [-0.05, 0) is 20.8 Å². The predicted octanol–water partition coefficient (Wildman–Crippen LogP) is 0.00350. The lowest BCUT2D eigenvalue weighted by atomic mass is 9.98. The normalized spacial score (nSPS) is 11.8. The minimum Gasteiger partial charge on any atom is -0.507 e. The lowest BCUT2D eigenvalue weighted by Gasteiger charge is -2.18. The third-order valence-electron chi connectivity index (χ3n) is 3.22. The van der Waals surface area contributed by atoms with Crippen molar-refractivity contribution < 1.29 is 29.6 Å². The number of carbonyl (C=O) groups excluding carboxylic acids is 1. The van der Waals surface area contributed by atoms with Gasteiger partial charge in [0.25, 0.3) is 0 Å². The topological polar surface area (TPSA) is 114 Å². The van der Waals surface area contributed by atoms with Crippen LogP contribution in [-0.2, 0) is 16.1 Å². The Hall–Kier alpha value is -2.26. The molecule has 2 aromatic heterocycles. The van der Waals surface area contributed by atoms with Crippen LogP contribution in [0.25, 0.3) is 5.65 Å². The molecule has 3 N–H and O–H groups in total. The van der Waals surface area contributed by atoms with E-state index in [0.29, 0.717) is 0 Å². The van der Waals surface area contributed by atoms with Crippen molar-refractivity contribution >= 4 is 25.1 Å². The quantitative estimate of drug-likeness (QED) is 0.503. The van der Waals surface area contributed by atoms with Crippen LogP contribution in [0.15, 0.2) is 6.20 Å². The van der Waals surface area contributed by atoms with Gasteiger partial charge in [0.1, 0.15) is 13.6 Å². The van der Waals surface area contributed by atoms with E-state index in [1.165, 1.54) is 6.20 Å². The van der Waals surface area contributed by atoms with Crippen LogP contribution in [0.1, 0.15) is 36.8 Å². The molecule has 0 saturated heterocycles. The smallest absolute Gasteiger partial charge is 0.356 e. The molecule has 0 bridgehead atoms. The van der Waals surface area contributed by atoms with E-state index in [9.17, 15) is 20.1 Å². The average molecular weight is 334 g/mol. The molecule has 2 aromatic rings. The summed E-state index contributed by atoms with van der Waals surface area (Å²) in [6.07, 6.45) is 1.20. The van der Waals surface area contributed by atoms with Crippen molar-refractivity contribution in [3.05, 3.63) is 17.5 Å². The third kappa shape index (κ3) is 3.47. The zero-order valence-electron chi connectivity index (χ0n) is 13.7. The summed E-state index contributed by atoms with van der Waals surface area (Å²) in [5.41, 5.74) is -1.24. The van der Waals surface area contributed by atoms with E-state index in [1.807, 2.05) is 0 Å². The first kappa shape index (κ1) is 18.1. The molecule has 0 aromatic carbocycles. The number of esters is 1. The fourth-order valence-corrected chi connectivity index (χ4v) is 2.16. The lowest BCUT2D eigenvalue weighted by Crippen LogP contribution is -2.26. The largest absolute Gasteiger partial charge is 0.507 e. The van der Waals surface area contributed by atoms with Crippen molar-refractivity contribution in [1.82, 2.24) is 9.38 Å². The second kappa shape index (κ2) is 6.70. The molecule has 0 aliphatic heterocycles. The van der Waals surface area contributed by atoms with Gasteiger partial charge >= 0.3 is 5.97 Å². The van der Waals surface area contributed by atoms with Gasteiger partial charge in [0.05, 0.1) is 37.2 Å². The molecule has 2 heterocycles. The Morgan fingerprint density at radius 3 is 2.62 bits per heavy atom. The second-order valence-electron chi connectivity index (χ2n) is 5.89. The zero-order valence-corrected chi connectivity index (χ0v) is 13.7. The van der Waals surface area contributed by atoms with Crippen LogP contribution in [0, 0.1) is 0 Å². The first-order chi connectivity index (χ1) is 11.2. The standard InChI is InChI=1S/C15H19BN2O6/c1-4-24-14(21)9-5-17-13-11(20)8(6-23-7-15(2,3)22)10(19)12(16)18(9)13/h5,19-20,22H,4,6-7H2,1-3H3. The van der Waals surface area contributed by atoms with Gasteiger partial charge in [-0.15, -0.1) is 0 Å². The molecule has 0 fully saturated rings. The highest BCUT2D eigenvalue weighted by Crippen LogP contribution is 2.30. The predicted molar refractivity (Wildman–Crippen MR) is 85.8 cm³/mol. The van der Waals surface area contributed by atoms with Gasteiger partial charge in [-0.25, -0.2) is 9.78 Å². The maximum Gasteiger partial charge on any atom is 0.356 e. The maximum atomic E-state index is 11.9. The van der Waals surface area contributed by atoms with Gasteiger partial charge in [0.2, 0.25) is 0 Å². The Balaban J connectivity index is 2.44. The van der Waals surface area contributed by atoms with Crippen LogP contribution in [0.3, 0.4) is 0 Å².